The maximum absolute atomic E-state index is 5.79. The maximum atomic E-state index is 5.79. The maximum Gasteiger partial charge on any atom is 0.0476 e. The lowest BCUT2D eigenvalue weighted by molar-refractivity contribution is 1.12. The van der Waals surface area contributed by atoms with E-state index in [0.29, 0.717) is 5.88 Å². The molecule has 12 heavy (non-hydrogen) atoms. The minimum Gasteiger partial charge on any atom is -0.122 e. The molecule has 0 saturated heterocycles. The van der Waals surface area contributed by atoms with Gasteiger partial charge in [0, 0.05) is 15.7 Å². The Morgan fingerprint density at radius 2 is 2.00 bits per heavy atom. The highest BCUT2D eigenvalue weighted by Gasteiger charge is 2.00. The molecule has 0 radical (unpaired) electrons. The van der Waals surface area contributed by atoms with Crippen LogP contribution in [0.3, 0.4) is 0 Å². The molecule has 0 bridgehead atoms. The number of alkyl halides is 2. The first-order valence-corrected chi connectivity index (χ1v) is 6.12. The van der Waals surface area contributed by atoms with Crippen LogP contribution in [0, 0.1) is 0 Å². The summed E-state index contributed by atoms with van der Waals surface area (Å²) >= 11 is 12.6. The standard InChI is InChI=1S/C9H9Br2Cl/c10-4-3-7-5-9(11)2-1-8(7)6-12/h1-2,5H,3-4,6H2. The third kappa shape index (κ3) is 2.75. The Balaban J connectivity index is 2.95. The zero-order valence-corrected chi connectivity index (χ0v) is 10.4. The molecule has 3 heteroatoms. The Morgan fingerprint density at radius 3 is 2.58 bits per heavy atom. The van der Waals surface area contributed by atoms with Gasteiger partial charge in [0.1, 0.15) is 0 Å². The highest BCUT2D eigenvalue weighted by molar-refractivity contribution is 9.10. The molecule has 66 valence electrons. The summed E-state index contributed by atoms with van der Waals surface area (Å²) < 4.78 is 1.12. The van der Waals surface area contributed by atoms with Gasteiger partial charge in [-0.2, -0.15) is 0 Å². The van der Waals surface area contributed by atoms with E-state index in [0.717, 1.165) is 16.2 Å². The predicted molar refractivity (Wildman–Crippen MR) is 61.2 cm³/mol. The van der Waals surface area contributed by atoms with Gasteiger partial charge in [-0.3, -0.25) is 0 Å². The molecule has 0 unspecified atom stereocenters. The summed E-state index contributed by atoms with van der Waals surface area (Å²) in [5, 5.41) is 0.980. The summed E-state index contributed by atoms with van der Waals surface area (Å²) in [6.07, 6.45) is 1.03. The Labute approximate surface area is 94.6 Å². The van der Waals surface area contributed by atoms with Crippen LogP contribution >= 0.6 is 43.5 Å². The second kappa shape index (κ2) is 5.25. The molecule has 1 rings (SSSR count). The van der Waals surface area contributed by atoms with Gasteiger partial charge in [0.05, 0.1) is 0 Å². The molecule has 0 amide bonds. The fourth-order valence-corrected chi connectivity index (χ4v) is 2.16. The lowest BCUT2D eigenvalue weighted by atomic mass is 10.1. The Hall–Kier alpha value is 0.470. The van der Waals surface area contributed by atoms with Crippen molar-refractivity contribution in [2.75, 3.05) is 5.33 Å². The molecule has 0 aliphatic heterocycles. The number of hydrogen-bond acceptors (Lipinski definition) is 0. The van der Waals surface area contributed by atoms with Crippen LogP contribution < -0.4 is 0 Å². The van der Waals surface area contributed by atoms with Gasteiger partial charge >= 0.3 is 0 Å². The molecule has 0 N–H and O–H groups in total. The van der Waals surface area contributed by atoms with Crippen LogP contribution in [0.1, 0.15) is 11.1 Å². The minimum atomic E-state index is 0.593. The monoisotopic (exact) mass is 310 g/mol. The van der Waals surface area contributed by atoms with E-state index in [4.69, 9.17) is 11.6 Å². The number of hydrogen-bond donors (Lipinski definition) is 0. The van der Waals surface area contributed by atoms with Crippen molar-refractivity contribution >= 4 is 43.5 Å². The zero-order valence-electron chi connectivity index (χ0n) is 6.49. The van der Waals surface area contributed by atoms with E-state index in [1.807, 2.05) is 6.07 Å². The van der Waals surface area contributed by atoms with Crippen molar-refractivity contribution in [2.45, 2.75) is 12.3 Å². The lowest BCUT2D eigenvalue weighted by Gasteiger charge is -2.05. The molecule has 1 aromatic carbocycles. The summed E-state index contributed by atoms with van der Waals surface area (Å²) in [5.74, 6) is 0.593. The van der Waals surface area contributed by atoms with E-state index in [1.165, 1.54) is 11.1 Å². The van der Waals surface area contributed by atoms with E-state index in [2.05, 4.69) is 44.0 Å². The van der Waals surface area contributed by atoms with Gasteiger partial charge in [-0.15, -0.1) is 11.6 Å². The zero-order chi connectivity index (χ0) is 8.97. The molecule has 0 atom stereocenters. The van der Waals surface area contributed by atoms with Gasteiger partial charge in [0.2, 0.25) is 0 Å². The van der Waals surface area contributed by atoms with Crippen molar-refractivity contribution in [2.24, 2.45) is 0 Å². The third-order valence-electron chi connectivity index (χ3n) is 1.68. The Kier molecular flexibility index (Phi) is 4.62. The summed E-state index contributed by atoms with van der Waals surface area (Å²) in [6.45, 7) is 0. The topological polar surface area (TPSA) is 0 Å². The molecule has 0 heterocycles. The van der Waals surface area contributed by atoms with E-state index >= 15 is 0 Å². The molecular weight excluding hydrogens is 303 g/mol. The van der Waals surface area contributed by atoms with Gasteiger partial charge in [-0.1, -0.05) is 37.9 Å². The molecule has 0 aliphatic rings. The second-order valence-corrected chi connectivity index (χ2v) is 4.46. The molecule has 0 aromatic heterocycles. The van der Waals surface area contributed by atoms with Crippen molar-refractivity contribution < 1.29 is 0 Å². The van der Waals surface area contributed by atoms with Gasteiger partial charge in [-0.05, 0) is 29.7 Å². The fourth-order valence-electron chi connectivity index (χ4n) is 1.06. The van der Waals surface area contributed by atoms with Crippen LogP contribution in [-0.2, 0) is 12.3 Å². The van der Waals surface area contributed by atoms with Crippen LogP contribution in [0.15, 0.2) is 22.7 Å². The van der Waals surface area contributed by atoms with Gasteiger partial charge in [-0.25, -0.2) is 0 Å². The first-order chi connectivity index (χ1) is 5.77. The van der Waals surface area contributed by atoms with Crippen LogP contribution in [0.25, 0.3) is 0 Å². The summed E-state index contributed by atoms with van der Waals surface area (Å²) in [6, 6.07) is 6.21. The number of benzene rings is 1. The molecular formula is C9H9Br2Cl. The third-order valence-corrected chi connectivity index (χ3v) is 2.85. The lowest BCUT2D eigenvalue weighted by Crippen LogP contribution is -1.92. The Morgan fingerprint density at radius 1 is 1.25 bits per heavy atom. The summed E-state index contributed by atoms with van der Waals surface area (Å²) in [4.78, 5) is 0. The largest absolute Gasteiger partial charge is 0.122 e. The van der Waals surface area contributed by atoms with Crippen molar-refractivity contribution in [1.29, 1.82) is 0 Å². The molecule has 0 saturated carbocycles. The van der Waals surface area contributed by atoms with Gasteiger partial charge < -0.3 is 0 Å². The molecule has 0 nitrogen and oxygen atoms in total. The van der Waals surface area contributed by atoms with Crippen molar-refractivity contribution in [3.63, 3.8) is 0 Å². The molecule has 0 aliphatic carbocycles. The summed E-state index contributed by atoms with van der Waals surface area (Å²) in [7, 11) is 0. The highest BCUT2D eigenvalue weighted by atomic mass is 79.9. The van der Waals surface area contributed by atoms with E-state index in [1.54, 1.807) is 0 Å². The van der Waals surface area contributed by atoms with Crippen LogP contribution in [0.4, 0.5) is 0 Å². The summed E-state index contributed by atoms with van der Waals surface area (Å²) in [5.41, 5.74) is 2.54. The fraction of sp³-hybridized carbons (Fsp3) is 0.333. The average Bonchev–Trinajstić information content (AvgIpc) is 2.05. The van der Waals surface area contributed by atoms with Crippen LogP contribution in [0.5, 0.6) is 0 Å². The second-order valence-electron chi connectivity index (χ2n) is 2.49. The molecule has 0 spiro atoms. The SMILES string of the molecule is ClCc1ccc(Br)cc1CCBr. The minimum absolute atomic E-state index is 0.593. The normalized spacial score (nSPS) is 10.2. The Bertz CT molecular complexity index is 261. The molecule has 1 aromatic rings. The van der Waals surface area contributed by atoms with E-state index < -0.39 is 0 Å². The average molecular weight is 312 g/mol. The van der Waals surface area contributed by atoms with Crippen LogP contribution in [-0.4, -0.2) is 5.33 Å². The highest BCUT2D eigenvalue weighted by Crippen LogP contribution is 2.19. The van der Waals surface area contributed by atoms with E-state index in [9.17, 15) is 0 Å². The quantitative estimate of drug-likeness (QED) is 0.736. The van der Waals surface area contributed by atoms with Crippen molar-refractivity contribution in [1.82, 2.24) is 0 Å². The number of halogens is 3. The smallest absolute Gasteiger partial charge is 0.0476 e. The number of rotatable bonds is 3. The van der Waals surface area contributed by atoms with Gasteiger partial charge in [0.15, 0.2) is 0 Å². The number of aryl methyl sites for hydroxylation is 1. The first kappa shape index (κ1) is 10.6. The van der Waals surface area contributed by atoms with Crippen LogP contribution in [0.2, 0.25) is 0 Å². The first-order valence-electron chi connectivity index (χ1n) is 3.67. The molecule has 0 fully saturated rings. The van der Waals surface area contributed by atoms with E-state index in [-0.39, 0.29) is 0 Å². The van der Waals surface area contributed by atoms with Crippen molar-refractivity contribution in [3.8, 4) is 0 Å². The van der Waals surface area contributed by atoms with Crippen molar-refractivity contribution in [3.05, 3.63) is 33.8 Å². The van der Waals surface area contributed by atoms with Gasteiger partial charge in [0.25, 0.3) is 0 Å². The predicted octanol–water partition coefficient (Wildman–Crippen LogP) is 4.13.